The van der Waals surface area contributed by atoms with Gasteiger partial charge in [-0.25, -0.2) is 5.43 Å². The second-order valence-corrected chi connectivity index (χ2v) is 5.48. The zero-order valence-electron chi connectivity index (χ0n) is 10.8. The zero-order valence-corrected chi connectivity index (χ0v) is 12.3. The van der Waals surface area contributed by atoms with Crippen molar-refractivity contribution in [2.24, 2.45) is 5.84 Å². The summed E-state index contributed by atoms with van der Waals surface area (Å²) in [5, 5.41) is 1.11. The van der Waals surface area contributed by atoms with Crippen molar-refractivity contribution in [1.82, 2.24) is 10.4 Å². The number of nitrogens with zero attached hydrogens (tertiary/aromatic N) is 1. The van der Waals surface area contributed by atoms with Crippen LogP contribution in [-0.4, -0.2) is 4.98 Å². The average molecular weight is 328 g/mol. The predicted molar refractivity (Wildman–Crippen MR) is 85.1 cm³/mol. The molecule has 3 rings (SSSR count). The number of rotatable bonds is 3. The molecule has 3 nitrogen and oxygen atoms in total. The number of benzene rings is 2. The van der Waals surface area contributed by atoms with Gasteiger partial charge in [-0.05, 0) is 35.4 Å². The molecular formula is C16H14BrN3. The van der Waals surface area contributed by atoms with Gasteiger partial charge in [-0.2, -0.15) is 0 Å². The molecule has 2 aromatic carbocycles. The van der Waals surface area contributed by atoms with Crippen LogP contribution in [0, 0.1) is 0 Å². The SMILES string of the molecule is NNC(c1ccc(Br)cc1)c1cccc2ncccc12. The maximum atomic E-state index is 5.78. The molecule has 0 fully saturated rings. The standard InChI is InChI=1S/C16H14BrN3/c17-12-8-6-11(7-9-12)16(20-18)14-3-1-5-15-13(14)4-2-10-19-15/h1-10,16,20H,18H2. The highest BCUT2D eigenvalue weighted by Gasteiger charge is 2.15. The number of fused-ring (bicyclic) bond motifs is 1. The first-order valence-electron chi connectivity index (χ1n) is 6.35. The number of aromatic nitrogens is 1. The monoisotopic (exact) mass is 327 g/mol. The Morgan fingerprint density at radius 1 is 1.00 bits per heavy atom. The second-order valence-electron chi connectivity index (χ2n) is 4.57. The molecule has 0 spiro atoms. The Hall–Kier alpha value is -1.75. The van der Waals surface area contributed by atoms with Gasteiger partial charge in [0.15, 0.2) is 0 Å². The molecule has 0 aliphatic heterocycles. The summed E-state index contributed by atoms with van der Waals surface area (Å²) >= 11 is 3.45. The van der Waals surface area contributed by atoms with Gasteiger partial charge in [-0.1, -0.05) is 46.3 Å². The third-order valence-electron chi connectivity index (χ3n) is 3.36. The number of halogens is 1. The lowest BCUT2D eigenvalue weighted by Gasteiger charge is -2.18. The lowest BCUT2D eigenvalue weighted by atomic mass is 9.96. The summed E-state index contributed by atoms with van der Waals surface area (Å²) in [6.45, 7) is 0. The van der Waals surface area contributed by atoms with Crippen LogP contribution in [-0.2, 0) is 0 Å². The summed E-state index contributed by atoms with van der Waals surface area (Å²) in [5.41, 5.74) is 6.12. The van der Waals surface area contributed by atoms with Crippen molar-refractivity contribution in [3.8, 4) is 0 Å². The van der Waals surface area contributed by atoms with Crippen LogP contribution in [0.25, 0.3) is 10.9 Å². The highest BCUT2D eigenvalue weighted by molar-refractivity contribution is 9.10. The largest absolute Gasteiger partial charge is 0.271 e. The van der Waals surface area contributed by atoms with E-state index >= 15 is 0 Å². The molecule has 4 heteroatoms. The molecule has 0 aliphatic rings. The van der Waals surface area contributed by atoms with E-state index in [9.17, 15) is 0 Å². The van der Waals surface area contributed by atoms with Gasteiger partial charge in [0.2, 0.25) is 0 Å². The Labute approximate surface area is 125 Å². The van der Waals surface area contributed by atoms with Gasteiger partial charge in [0.05, 0.1) is 11.6 Å². The van der Waals surface area contributed by atoms with Crippen molar-refractivity contribution in [1.29, 1.82) is 0 Å². The van der Waals surface area contributed by atoms with Gasteiger partial charge in [-0.3, -0.25) is 10.8 Å². The fourth-order valence-electron chi connectivity index (χ4n) is 2.40. The van der Waals surface area contributed by atoms with E-state index in [4.69, 9.17) is 5.84 Å². The molecule has 0 saturated carbocycles. The van der Waals surface area contributed by atoms with Gasteiger partial charge >= 0.3 is 0 Å². The normalized spacial score (nSPS) is 12.5. The first kappa shape index (κ1) is 13.2. The van der Waals surface area contributed by atoms with E-state index in [1.807, 2.05) is 30.3 Å². The number of hydrogen-bond donors (Lipinski definition) is 2. The Kier molecular flexibility index (Phi) is 3.78. The van der Waals surface area contributed by atoms with Crippen LogP contribution in [0.5, 0.6) is 0 Å². The van der Waals surface area contributed by atoms with E-state index in [-0.39, 0.29) is 6.04 Å². The van der Waals surface area contributed by atoms with Crippen LogP contribution in [0.1, 0.15) is 17.2 Å². The highest BCUT2D eigenvalue weighted by Crippen LogP contribution is 2.28. The Morgan fingerprint density at radius 3 is 2.55 bits per heavy atom. The lowest BCUT2D eigenvalue weighted by Crippen LogP contribution is -2.29. The van der Waals surface area contributed by atoms with Crippen LogP contribution in [0.4, 0.5) is 0 Å². The van der Waals surface area contributed by atoms with E-state index < -0.39 is 0 Å². The molecule has 1 heterocycles. The number of hydrazine groups is 1. The maximum absolute atomic E-state index is 5.78. The first-order valence-corrected chi connectivity index (χ1v) is 7.14. The van der Waals surface area contributed by atoms with Crippen molar-refractivity contribution in [2.45, 2.75) is 6.04 Å². The van der Waals surface area contributed by atoms with Gasteiger partial charge in [0, 0.05) is 16.1 Å². The predicted octanol–water partition coefficient (Wildman–Crippen LogP) is 3.55. The minimum absolute atomic E-state index is 0.0593. The van der Waals surface area contributed by atoms with Gasteiger partial charge in [-0.15, -0.1) is 0 Å². The third kappa shape index (κ3) is 2.45. The summed E-state index contributed by atoms with van der Waals surface area (Å²) in [7, 11) is 0. The molecule has 3 aromatic rings. The van der Waals surface area contributed by atoms with Crippen LogP contribution in [0.3, 0.4) is 0 Å². The van der Waals surface area contributed by atoms with Gasteiger partial charge in [0.1, 0.15) is 0 Å². The quantitative estimate of drug-likeness (QED) is 0.571. The van der Waals surface area contributed by atoms with Crippen molar-refractivity contribution < 1.29 is 0 Å². The second kappa shape index (κ2) is 5.71. The number of nitrogens with two attached hydrogens (primary N) is 1. The molecule has 0 saturated heterocycles. The average Bonchev–Trinajstić information content (AvgIpc) is 2.50. The molecule has 100 valence electrons. The molecule has 0 amide bonds. The molecule has 0 aliphatic carbocycles. The van der Waals surface area contributed by atoms with E-state index in [1.165, 1.54) is 0 Å². The third-order valence-corrected chi connectivity index (χ3v) is 3.89. The van der Waals surface area contributed by atoms with Crippen LogP contribution in [0.2, 0.25) is 0 Å². The fourth-order valence-corrected chi connectivity index (χ4v) is 2.66. The van der Waals surface area contributed by atoms with Crippen LogP contribution >= 0.6 is 15.9 Å². The summed E-state index contributed by atoms with van der Waals surface area (Å²) in [6, 6.07) is 18.2. The topological polar surface area (TPSA) is 50.9 Å². The van der Waals surface area contributed by atoms with E-state index in [1.54, 1.807) is 6.20 Å². The molecule has 1 unspecified atom stereocenters. The van der Waals surface area contributed by atoms with Crippen LogP contribution in [0.15, 0.2) is 65.3 Å². The van der Waals surface area contributed by atoms with Crippen molar-refractivity contribution in [3.63, 3.8) is 0 Å². The molecule has 3 N–H and O–H groups in total. The Balaban J connectivity index is 2.14. The summed E-state index contributed by atoms with van der Waals surface area (Å²) in [5.74, 6) is 5.78. The number of nitrogens with one attached hydrogen (secondary N) is 1. The van der Waals surface area contributed by atoms with Crippen molar-refractivity contribution >= 4 is 26.8 Å². The maximum Gasteiger partial charge on any atom is 0.0716 e. The zero-order chi connectivity index (χ0) is 13.9. The van der Waals surface area contributed by atoms with Crippen LogP contribution < -0.4 is 11.3 Å². The number of hydrogen-bond acceptors (Lipinski definition) is 3. The minimum atomic E-state index is -0.0593. The minimum Gasteiger partial charge on any atom is -0.271 e. The highest BCUT2D eigenvalue weighted by atomic mass is 79.9. The molecule has 1 atom stereocenters. The fraction of sp³-hybridized carbons (Fsp3) is 0.0625. The molecule has 0 radical (unpaired) electrons. The summed E-state index contributed by atoms with van der Waals surface area (Å²) in [6.07, 6.45) is 1.80. The van der Waals surface area contributed by atoms with Crippen molar-refractivity contribution in [3.05, 3.63) is 76.4 Å². The molecular weight excluding hydrogens is 314 g/mol. The van der Waals surface area contributed by atoms with E-state index in [0.29, 0.717) is 0 Å². The molecule has 1 aromatic heterocycles. The summed E-state index contributed by atoms with van der Waals surface area (Å²) < 4.78 is 1.05. The lowest BCUT2D eigenvalue weighted by molar-refractivity contribution is 0.641. The van der Waals surface area contributed by atoms with E-state index in [2.05, 4.69) is 50.6 Å². The van der Waals surface area contributed by atoms with E-state index in [0.717, 1.165) is 26.5 Å². The van der Waals surface area contributed by atoms with Crippen molar-refractivity contribution in [2.75, 3.05) is 0 Å². The smallest absolute Gasteiger partial charge is 0.0716 e. The molecule has 20 heavy (non-hydrogen) atoms. The summed E-state index contributed by atoms with van der Waals surface area (Å²) in [4.78, 5) is 4.39. The number of pyridine rings is 1. The molecule has 0 bridgehead atoms. The van der Waals surface area contributed by atoms with Gasteiger partial charge in [0.25, 0.3) is 0 Å². The first-order chi connectivity index (χ1) is 9.79. The Bertz CT molecular complexity index is 720. The Morgan fingerprint density at radius 2 is 1.80 bits per heavy atom. The van der Waals surface area contributed by atoms with Gasteiger partial charge < -0.3 is 0 Å².